The number of rotatable bonds is 5. The molecule has 1 heterocycles. The summed E-state index contributed by atoms with van der Waals surface area (Å²) < 4.78 is 16.1. The number of carbonyl (C=O) groups excluding carboxylic acids is 1. The lowest BCUT2D eigenvalue weighted by Gasteiger charge is -2.16. The fourth-order valence-electron chi connectivity index (χ4n) is 3.97. The van der Waals surface area contributed by atoms with E-state index in [1.807, 2.05) is 37.3 Å². The SMILES string of the molecule is COc1ccc2[nH]c(C(=O)N[C@@H]3CCc4cc(OC)c(OC)cc43)c(C)c2c1. The molecule has 0 bridgehead atoms. The summed E-state index contributed by atoms with van der Waals surface area (Å²) >= 11 is 0. The zero-order chi connectivity index (χ0) is 19.8. The lowest BCUT2D eigenvalue weighted by Crippen LogP contribution is -2.28. The maximum Gasteiger partial charge on any atom is 0.268 e. The van der Waals surface area contributed by atoms with Gasteiger partial charge in [-0.3, -0.25) is 4.79 Å². The first-order chi connectivity index (χ1) is 13.5. The van der Waals surface area contributed by atoms with Gasteiger partial charge < -0.3 is 24.5 Å². The standard InChI is InChI=1S/C22H24N2O4/c1-12-15-10-14(26-2)6-8-17(15)23-21(12)22(25)24-18-7-5-13-9-19(27-3)20(28-4)11-16(13)18/h6,8-11,18,23H,5,7H2,1-4H3,(H,24,25)/t18-/m1/s1. The van der Waals surface area contributed by atoms with Crippen LogP contribution < -0.4 is 19.5 Å². The molecule has 6 nitrogen and oxygen atoms in total. The number of H-pyrrole nitrogens is 1. The van der Waals surface area contributed by atoms with Crippen LogP contribution in [0.1, 0.15) is 39.6 Å². The van der Waals surface area contributed by atoms with Gasteiger partial charge in [-0.1, -0.05) is 0 Å². The first kappa shape index (κ1) is 18.2. The summed E-state index contributed by atoms with van der Waals surface area (Å²) in [6.07, 6.45) is 1.74. The molecule has 2 aromatic carbocycles. The molecule has 1 aliphatic carbocycles. The minimum Gasteiger partial charge on any atom is -0.497 e. The van der Waals surface area contributed by atoms with E-state index in [1.165, 1.54) is 5.56 Å². The number of fused-ring (bicyclic) bond motifs is 2. The summed E-state index contributed by atoms with van der Waals surface area (Å²) in [6, 6.07) is 9.67. The van der Waals surface area contributed by atoms with Crippen LogP contribution >= 0.6 is 0 Å². The number of methoxy groups -OCH3 is 3. The van der Waals surface area contributed by atoms with Crippen LogP contribution in [-0.4, -0.2) is 32.2 Å². The van der Waals surface area contributed by atoms with Crippen molar-refractivity contribution in [2.24, 2.45) is 0 Å². The van der Waals surface area contributed by atoms with Crippen molar-refractivity contribution in [2.45, 2.75) is 25.8 Å². The number of aryl methyl sites for hydroxylation is 2. The molecule has 0 aliphatic heterocycles. The molecule has 146 valence electrons. The average Bonchev–Trinajstić information content (AvgIpc) is 3.27. The van der Waals surface area contributed by atoms with Gasteiger partial charge in [0.05, 0.1) is 27.4 Å². The van der Waals surface area contributed by atoms with Crippen molar-refractivity contribution < 1.29 is 19.0 Å². The molecule has 2 N–H and O–H groups in total. The Morgan fingerprint density at radius 2 is 1.82 bits per heavy atom. The highest BCUT2D eigenvalue weighted by molar-refractivity contribution is 6.01. The second-order valence-corrected chi connectivity index (χ2v) is 7.01. The predicted octanol–water partition coefficient (Wildman–Crippen LogP) is 3.92. The van der Waals surface area contributed by atoms with Crippen LogP contribution in [0.3, 0.4) is 0 Å². The molecule has 3 aromatic rings. The smallest absolute Gasteiger partial charge is 0.268 e. The largest absolute Gasteiger partial charge is 0.497 e. The molecule has 1 atom stereocenters. The Kier molecular flexibility index (Phi) is 4.63. The van der Waals surface area contributed by atoms with E-state index in [-0.39, 0.29) is 11.9 Å². The number of hydrogen-bond acceptors (Lipinski definition) is 4. The number of amides is 1. The second kappa shape index (κ2) is 7.11. The van der Waals surface area contributed by atoms with Gasteiger partial charge in [0.15, 0.2) is 11.5 Å². The van der Waals surface area contributed by atoms with Gasteiger partial charge in [0, 0.05) is 10.9 Å². The summed E-state index contributed by atoms with van der Waals surface area (Å²) in [4.78, 5) is 16.2. The Bertz CT molecular complexity index is 1050. The summed E-state index contributed by atoms with van der Waals surface area (Å²) in [5.41, 5.74) is 4.68. The molecule has 4 rings (SSSR count). The Labute approximate surface area is 163 Å². The van der Waals surface area contributed by atoms with Crippen molar-refractivity contribution in [1.29, 1.82) is 0 Å². The molecule has 0 spiro atoms. The van der Waals surface area contributed by atoms with Crippen molar-refractivity contribution in [2.75, 3.05) is 21.3 Å². The van der Waals surface area contributed by atoms with E-state index >= 15 is 0 Å². The highest BCUT2D eigenvalue weighted by Crippen LogP contribution is 2.39. The van der Waals surface area contributed by atoms with Gasteiger partial charge in [-0.25, -0.2) is 0 Å². The number of aromatic nitrogens is 1. The van der Waals surface area contributed by atoms with Crippen molar-refractivity contribution in [3.8, 4) is 17.2 Å². The highest BCUT2D eigenvalue weighted by atomic mass is 16.5. The van der Waals surface area contributed by atoms with Crippen molar-refractivity contribution in [1.82, 2.24) is 10.3 Å². The molecule has 0 saturated heterocycles. The Morgan fingerprint density at radius 3 is 2.54 bits per heavy atom. The fraction of sp³-hybridized carbons (Fsp3) is 0.318. The van der Waals surface area contributed by atoms with Crippen LogP contribution in [-0.2, 0) is 6.42 Å². The Hall–Kier alpha value is -3.15. The summed E-state index contributed by atoms with van der Waals surface area (Å²) in [6.45, 7) is 1.95. The molecular formula is C22H24N2O4. The van der Waals surface area contributed by atoms with Crippen LogP contribution in [0.25, 0.3) is 10.9 Å². The van der Waals surface area contributed by atoms with Gasteiger partial charge in [-0.2, -0.15) is 0 Å². The fourth-order valence-corrected chi connectivity index (χ4v) is 3.97. The molecule has 1 aliphatic rings. The molecule has 0 fully saturated rings. The molecule has 1 amide bonds. The Morgan fingerprint density at radius 1 is 1.07 bits per heavy atom. The van der Waals surface area contributed by atoms with E-state index in [4.69, 9.17) is 14.2 Å². The maximum absolute atomic E-state index is 13.0. The first-order valence-electron chi connectivity index (χ1n) is 9.27. The second-order valence-electron chi connectivity index (χ2n) is 7.01. The molecule has 0 radical (unpaired) electrons. The maximum atomic E-state index is 13.0. The molecule has 1 aromatic heterocycles. The highest BCUT2D eigenvalue weighted by Gasteiger charge is 2.27. The minimum absolute atomic E-state index is 0.0531. The number of ether oxygens (including phenoxy) is 3. The monoisotopic (exact) mass is 380 g/mol. The van der Waals surface area contributed by atoms with Crippen molar-refractivity contribution in [3.63, 3.8) is 0 Å². The lowest BCUT2D eigenvalue weighted by molar-refractivity contribution is 0.0932. The number of aromatic amines is 1. The average molecular weight is 380 g/mol. The topological polar surface area (TPSA) is 72.6 Å². The van der Waals surface area contributed by atoms with Gasteiger partial charge in [0.2, 0.25) is 0 Å². The summed E-state index contributed by atoms with van der Waals surface area (Å²) in [7, 11) is 4.89. The van der Waals surface area contributed by atoms with E-state index in [9.17, 15) is 4.79 Å². The third-order valence-corrected chi connectivity index (χ3v) is 5.52. The Balaban J connectivity index is 1.62. The zero-order valence-corrected chi connectivity index (χ0v) is 16.5. The molecule has 28 heavy (non-hydrogen) atoms. The normalized spacial score (nSPS) is 15.4. The molecular weight excluding hydrogens is 356 g/mol. The van der Waals surface area contributed by atoms with E-state index in [1.54, 1.807) is 21.3 Å². The van der Waals surface area contributed by atoms with Gasteiger partial charge in [0.1, 0.15) is 11.4 Å². The number of benzene rings is 2. The van der Waals surface area contributed by atoms with E-state index < -0.39 is 0 Å². The zero-order valence-electron chi connectivity index (χ0n) is 16.5. The third kappa shape index (κ3) is 2.95. The van der Waals surface area contributed by atoms with Crippen LogP contribution in [0.15, 0.2) is 30.3 Å². The van der Waals surface area contributed by atoms with Gasteiger partial charge in [0.25, 0.3) is 5.91 Å². The van der Waals surface area contributed by atoms with Crippen LogP contribution in [0.2, 0.25) is 0 Å². The van der Waals surface area contributed by atoms with Gasteiger partial charge in [-0.15, -0.1) is 0 Å². The summed E-state index contributed by atoms with van der Waals surface area (Å²) in [5.74, 6) is 2.05. The molecule has 0 unspecified atom stereocenters. The van der Waals surface area contributed by atoms with E-state index in [0.29, 0.717) is 17.2 Å². The molecule has 0 saturated carbocycles. The van der Waals surface area contributed by atoms with E-state index in [0.717, 1.165) is 40.6 Å². The number of hydrogen-bond donors (Lipinski definition) is 2. The van der Waals surface area contributed by atoms with Gasteiger partial charge >= 0.3 is 0 Å². The lowest BCUT2D eigenvalue weighted by atomic mass is 10.1. The summed E-state index contributed by atoms with van der Waals surface area (Å²) in [5, 5.41) is 4.16. The minimum atomic E-state index is -0.111. The predicted molar refractivity (Wildman–Crippen MR) is 108 cm³/mol. The van der Waals surface area contributed by atoms with Crippen LogP contribution in [0.4, 0.5) is 0 Å². The third-order valence-electron chi connectivity index (χ3n) is 5.52. The first-order valence-corrected chi connectivity index (χ1v) is 9.27. The van der Waals surface area contributed by atoms with Gasteiger partial charge in [-0.05, 0) is 66.8 Å². The quantitative estimate of drug-likeness (QED) is 0.704. The van der Waals surface area contributed by atoms with Crippen molar-refractivity contribution >= 4 is 16.8 Å². The van der Waals surface area contributed by atoms with Crippen LogP contribution in [0.5, 0.6) is 17.2 Å². The van der Waals surface area contributed by atoms with Crippen molar-refractivity contribution in [3.05, 3.63) is 52.7 Å². The number of carbonyl (C=O) groups is 1. The van der Waals surface area contributed by atoms with Crippen LogP contribution in [0, 0.1) is 6.92 Å². The van der Waals surface area contributed by atoms with E-state index in [2.05, 4.69) is 10.3 Å². The molecule has 6 heteroatoms. The number of nitrogens with one attached hydrogen (secondary N) is 2.